The summed E-state index contributed by atoms with van der Waals surface area (Å²) >= 11 is 5.94. The molecule has 0 radical (unpaired) electrons. The Balaban J connectivity index is 1.61. The van der Waals surface area contributed by atoms with Gasteiger partial charge in [0.2, 0.25) is 5.91 Å². The zero-order valence-electron chi connectivity index (χ0n) is 14.3. The largest absolute Gasteiger partial charge is 0.368 e. The Labute approximate surface area is 157 Å². The highest BCUT2D eigenvalue weighted by atomic mass is 35.5. The Morgan fingerprint density at radius 3 is 2.31 bits per heavy atom. The molecule has 1 aliphatic rings. The molecule has 0 aliphatic carbocycles. The molecule has 3 rings (SSSR count). The number of primary amides is 1. The quantitative estimate of drug-likeness (QED) is 0.866. The molecule has 0 spiro atoms. The van der Waals surface area contributed by atoms with Crippen LogP contribution in [-0.4, -0.2) is 47.9 Å². The predicted molar refractivity (Wildman–Crippen MR) is 102 cm³/mol. The lowest BCUT2D eigenvalue weighted by Gasteiger charge is -2.38. The minimum Gasteiger partial charge on any atom is -0.368 e. The molecule has 26 heavy (non-hydrogen) atoms. The van der Waals surface area contributed by atoms with E-state index in [-0.39, 0.29) is 11.9 Å². The molecule has 3 amide bonds. The topological polar surface area (TPSA) is 78.7 Å². The number of benzene rings is 2. The first-order chi connectivity index (χ1) is 12.5. The monoisotopic (exact) mass is 372 g/mol. The van der Waals surface area contributed by atoms with Crippen LogP contribution in [0.2, 0.25) is 5.02 Å². The van der Waals surface area contributed by atoms with E-state index in [2.05, 4.69) is 5.32 Å². The number of piperazine rings is 1. The first kappa shape index (κ1) is 18.2. The number of nitrogens with two attached hydrogens (primary N) is 1. The third-order valence-electron chi connectivity index (χ3n) is 4.43. The molecule has 2 aromatic rings. The molecule has 1 atom stereocenters. The van der Waals surface area contributed by atoms with Crippen molar-refractivity contribution in [3.63, 3.8) is 0 Å². The van der Waals surface area contributed by atoms with Crippen LogP contribution in [0.25, 0.3) is 0 Å². The van der Waals surface area contributed by atoms with Crippen LogP contribution in [0.5, 0.6) is 0 Å². The number of rotatable bonds is 4. The standard InChI is InChI=1S/C19H21ClN4O2/c20-15-7-4-8-16(13-15)22-19(26)24-11-9-23(10-12-24)17(18(21)25)14-5-2-1-3-6-14/h1-8,13,17H,9-12H2,(H2,21,25)(H,22,26)/t17-/m1/s1. The van der Waals surface area contributed by atoms with E-state index in [1.165, 1.54) is 0 Å². The van der Waals surface area contributed by atoms with Crippen LogP contribution in [0.1, 0.15) is 11.6 Å². The highest BCUT2D eigenvalue weighted by Gasteiger charge is 2.30. The highest BCUT2D eigenvalue weighted by Crippen LogP contribution is 2.22. The van der Waals surface area contributed by atoms with E-state index in [0.717, 1.165) is 5.56 Å². The average Bonchev–Trinajstić information content (AvgIpc) is 2.63. The van der Waals surface area contributed by atoms with E-state index >= 15 is 0 Å². The zero-order valence-corrected chi connectivity index (χ0v) is 15.0. The molecule has 0 unspecified atom stereocenters. The Morgan fingerprint density at radius 2 is 1.69 bits per heavy atom. The number of hydrogen-bond acceptors (Lipinski definition) is 3. The molecular weight excluding hydrogens is 352 g/mol. The van der Waals surface area contributed by atoms with Crippen molar-refractivity contribution < 1.29 is 9.59 Å². The number of urea groups is 1. The van der Waals surface area contributed by atoms with E-state index in [0.29, 0.717) is 36.9 Å². The van der Waals surface area contributed by atoms with Gasteiger partial charge in [0.05, 0.1) is 0 Å². The fourth-order valence-electron chi connectivity index (χ4n) is 3.14. The number of amides is 3. The lowest BCUT2D eigenvalue weighted by molar-refractivity contribution is -0.124. The number of nitrogens with zero attached hydrogens (tertiary/aromatic N) is 2. The van der Waals surface area contributed by atoms with E-state index in [1.807, 2.05) is 35.2 Å². The first-order valence-corrected chi connectivity index (χ1v) is 8.82. The minimum absolute atomic E-state index is 0.178. The summed E-state index contributed by atoms with van der Waals surface area (Å²) in [6, 6.07) is 15.8. The van der Waals surface area contributed by atoms with Gasteiger partial charge in [0.1, 0.15) is 6.04 Å². The smallest absolute Gasteiger partial charge is 0.321 e. The summed E-state index contributed by atoms with van der Waals surface area (Å²) in [5.74, 6) is -0.381. The molecule has 1 aliphatic heterocycles. The lowest BCUT2D eigenvalue weighted by atomic mass is 10.0. The van der Waals surface area contributed by atoms with Gasteiger partial charge in [0.15, 0.2) is 0 Å². The van der Waals surface area contributed by atoms with Crippen LogP contribution in [0.3, 0.4) is 0 Å². The second kappa shape index (κ2) is 8.21. The van der Waals surface area contributed by atoms with Crippen molar-refractivity contribution in [3.05, 3.63) is 65.2 Å². The number of carbonyl (C=O) groups excluding carboxylic acids is 2. The Hall–Kier alpha value is -2.57. The summed E-state index contributed by atoms with van der Waals surface area (Å²) in [6.07, 6.45) is 0. The normalized spacial score (nSPS) is 16.1. The van der Waals surface area contributed by atoms with E-state index in [4.69, 9.17) is 17.3 Å². The Bertz CT molecular complexity index is 776. The molecule has 1 fully saturated rings. The molecule has 136 valence electrons. The summed E-state index contributed by atoms with van der Waals surface area (Å²) in [5, 5.41) is 3.41. The van der Waals surface area contributed by atoms with Gasteiger partial charge >= 0.3 is 6.03 Å². The zero-order chi connectivity index (χ0) is 18.5. The van der Waals surface area contributed by atoms with Gasteiger partial charge in [-0.1, -0.05) is 48.0 Å². The second-order valence-corrected chi connectivity index (χ2v) is 6.62. The van der Waals surface area contributed by atoms with Crippen LogP contribution in [-0.2, 0) is 4.79 Å². The summed E-state index contributed by atoms with van der Waals surface area (Å²) in [7, 11) is 0. The third-order valence-corrected chi connectivity index (χ3v) is 4.66. The maximum atomic E-state index is 12.4. The predicted octanol–water partition coefficient (Wildman–Crippen LogP) is 2.72. The van der Waals surface area contributed by atoms with Crippen LogP contribution in [0.4, 0.5) is 10.5 Å². The number of carbonyl (C=O) groups is 2. The van der Waals surface area contributed by atoms with Crippen molar-refractivity contribution >= 4 is 29.2 Å². The van der Waals surface area contributed by atoms with Crippen molar-refractivity contribution in [3.8, 4) is 0 Å². The summed E-state index contributed by atoms with van der Waals surface area (Å²) < 4.78 is 0. The maximum Gasteiger partial charge on any atom is 0.321 e. The van der Waals surface area contributed by atoms with Crippen molar-refractivity contribution in [2.75, 3.05) is 31.5 Å². The van der Waals surface area contributed by atoms with Crippen LogP contribution >= 0.6 is 11.6 Å². The van der Waals surface area contributed by atoms with Gasteiger partial charge in [0.25, 0.3) is 0 Å². The fraction of sp³-hybridized carbons (Fsp3) is 0.263. The number of nitrogens with one attached hydrogen (secondary N) is 1. The van der Waals surface area contributed by atoms with Crippen LogP contribution < -0.4 is 11.1 Å². The van der Waals surface area contributed by atoms with Gasteiger partial charge in [-0.25, -0.2) is 4.79 Å². The highest BCUT2D eigenvalue weighted by molar-refractivity contribution is 6.30. The summed E-state index contributed by atoms with van der Waals surface area (Å²) in [6.45, 7) is 2.18. The average molecular weight is 373 g/mol. The number of hydrogen-bond donors (Lipinski definition) is 2. The molecule has 1 saturated heterocycles. The SMILES string of the molecule is NC(=O)[C@@H](c1ccccc1)N1CCN(C(=O)Nc2cccc(Cl)c2)CC1. The van der Waals surface area contributed by atoms with E-state index in [1.54, 1.807) is 29.2 Å². The number of anilines is 1. The molecule has 0 saturated carbocycles. The van der Waals surface area contributed by atoms with Gasteiger partial charge in [-0.3, -0.25) is 9.69 Å². The first-order valence-electron chi connectivity index (χ1n) is 8.44. The van der Waals surface area contributed by atoms with E-state index < -0.39 is 6.04 Å². The molecule has 2 aromatic carbocycles. The van der Waals surface area contributed by atoms with Crippen molar-refractivity contribution in [2.45, 2.75) is 6.04 Å². The van der Waals surface area contributed by atoms with Gasteiger partial charge < -0.3 is 16.0 Å². The van der Waals surface area contributed by atoms with Crippen molar-refractivity contribution in [1.29, 1.82) is 0 Å². The summed E-state index contributed by atoms with van der Waals surface area (Å²) in [4.78, 5) is 28.1. The molecule has 0 bridgehead atoms. The van der Waals surface area contributed by atoms with Gasteiger partial charge in [0, 0.05) is 36.9 Å². The number of halogens is 1. The van der Waals surface area contributed by atoms with Crippen molar-refractivity contribution in [1.82, 2.24) is 9.80 Å². The molecule has 1 heterocycles. The Kier molecular flexibility index (Phi) is 5.75. The van der Waals surface area contributed by atoms with E-state index in [9.17, 15) is 9.59 Å². The fourth-order valence-corrected chi connectivity index (χ4v) is 3.33. The second-order valence-electron chi connectivity index (χ2n) is 6.18. The van der Waals surface area contributed by atoms with Gasteiger partial charge in [-0.05, 0) is 23.8 Å². The van der Waals surface area contributed by atoms with Crippen LogP contribution in [0.15, 0.2) is 54.6 Å². The molecular formula is C19H21ClN4O2. The minimum atomic E-state index is -0.477. The van der Waals surface area contributed by atoms with Gasteiger partial charge in [-0.2, -0.15) is 0 Å². The van der Waals surface area contributed by atoms with Gasteiger partial charge in [-0.15, -0.1) is 0 Å². The third kappa shape index (κ3) is 4.33. The molecule has 3 N–H and O–H groups in total. The maximum absolute atomic E-state index is 12.4. The Morgan fingerprint density at radius 1 is 1.00 bits per heavy atom. The summed E-state index contributed by atoms with van der Waals surface area (Å²) in [5.41, 5.74) is 7.15. The molecule has 0 aromatic heterocycles. The van der Waals surface area contributed by atoms with Crippen LogP contribution in [0, 0.1) is 0 Å². The molecule has 7 heteroatoms. The van der Waals surface area contributed by atoms with Crippen molar-refractivity contribution in [2.24, 2.45) is 5.73 Å². The lowest BCUT2D eigenvalue weighted by Crippen LogP contribution is -2.52. The molecule has 6 nitrogen and oxygen atoms in total.